The van der Waals surface area contributed by atoms with Gasteiger partial charge in [-0.05, 0) is 29.8 Å². The molecule has 0 aliphatic heterocycles. The van der Waals surface area contributed by atoms with Crippen LogP contribution in [0.2, 0.25) is 0 Å². The molecule has 4 rings (SSSR count). The first-order valence-electron chi connectivity index (χ1n) is 8.60. The summed E-state index contributed by atoms with van der Waals surface area (Å²) in [5.74, 6) is 0.221. The van der Waals surface area contributed by atoms with E-state index in [1.54, 1.807) is 30.6 Å². The van der Waals surface area contributed by atoms with Crippen LogP contribution < -0.4 is 10.1 Å². The zero-order chi connectivity index (χ0) is 19.2. The van der Waals surface area contributed by atoms with E-state index in [9.17, 15) is 4.79 Å². The second-order valence-electron chi connectivity index (χ2n) is 5.88. The lowest BCUT2D eigenvalue weighted by Crippen LogP contribution is -2.13. The van der Waals surface area contributed by atoms with E-state index in [4.69, 9.17) is 4.74 Å². The van der Waals surface area contributed by atoms with Gasteiger partial charge < -0.3 is 4.74 Å². The second kappa shape index (κ2) is 8.41. The molecule has 0 saturated heterocycles. The van der Waals surface area contributed by atoms with Gasteiger partial charge in [0.1, 0.15) is 12.4 Å². The van der Waals surface area contributed by atoms with Crippen molar-refractivity contribution in [3.63, 3.8) is 0 Å². The molecule has 0 spiro atoms. The van der Waals surface area contributed by atoms with Crippen LogP contribution in [0.15, 0.2) is 79.1 Å². The van der Waals surface area contributed by atoms with E-state index in [2.05, 4.69) is 20.5 Å². The molecule has 7 heteroatoms. The normalized spacial score (nSPS) is 10.4. The van der Waals surface area contributed by atoms with Crippen molar-refractivity contribution in [2.75, 3.05) is 5.32 Å². The minimum absolute atomic E-state index is 0.294. The molecule has 0 aliphatic rings. The third-order valence-electron chi connectivity index (χ3n) is 3.92. The Kier molecular flexibility index (Phi) is 5.35. The van der Waals surface area contributed by atoms with Crippen LogP contribution in [0.5, 0.6) is 5.75 Å². The molecule has 138 valence electrons. The summed E-state index contributed by atoms with van der Waals surface area (Å²) in [6.45, 7) is 0.384. The first kappa shape index (κ1) is 17.8. The SMILES string of the molecule is O=C(Nc1nnc(-c2cccnc2)s1)c1ccccc1OCc1ccccc1. The van der Waals surface area contributed by atoms with Crippen molar-refractivity contribution in [1.82, 2.24) is 15.2 Å². The molecule has 2 heterocycles. The molecule has 0 unspecified atom stereocenters. The van der Waals surface area contributed by atoms with Crippen LogP contribution in [0.1, 0.15) is 15.9 Å². The van der Waals surface area contributed by atoms with Crippen LogP contribution in [-0.2, 0) is 6.61 Å². The summed E-state index contributed by atoms with van der Waals surface area (Å²) in [6.07, 6.45) is 3.40. The smallest absolute Gasteiger partial charge is 0.261 e. The van der Waals surface area contributed by atoms with Crippen LogP contribution in [0.25, 0.3) is 10.6 Å². The van der Waals surface area contributed by atoms with Crippen LogP contribution in [-0.4, -0.2) is 21.1 Å². The molecule has 1 N–H and O–H groups in total. The number of pyridine rings is 1. The average molecular weight is 388 g/mol. The number of nitrogens with one attached hydrogen (secondary N) is 1. The number of carbonyl (C=O) groups excluding carboxylic acids is 1. The van der Waals surface area contributed by atoms with Gasteiger partial charge in [0.15, 0.2) is 5.01 Å². The third kappa shape index (κ3) is 4.21. The number of ether oxygens (including phenoxy) is 1. The fourth-order valence-electron chi connectivity index (χ4n) is 2.56. The Labute approximate surface area is 165 Å². The Bertz CT molecular complexity index is 1070. The zero-order valence-electron chi connectivity index (χ0n) is 14.8. The summed E-state index contributed by atoms with van der Waals surface area (Å²) in [7, 11) is 0. The number of para-hydroxylation sites is 1. The molecular weight excluding hydrogens is 372 g/mol. The quantitative estimate of drug-likeness (QED) is 0.529. The molecule has 0 fully saturated rings. The Hall–Kier alpha value is -3.58. The first-order chi connectivity index (χ1) is 13.8. The van der Waals surface area contributed by atoms with Crippen molar-refractivity contribution in [3.8, 4) is 16.3 Å². The van der Waals surface area contributed by atoms with E-state index in [-0.39, 0.29) is 5.91 Å². The number of carbonyl (C=O) groups is 1. The van der Waals surface area contributed by atoms with Gasteiger partial charge in [0.05, 0.1) is 5.56 Å². The Morgan fingerprint density at radius 1 is 0.964 bits per heavy atom. The van der Waals surface area contributed by atoms with Crippen LogP contribution in [0.3, 0.4) is 0 Å². The van der Waals surface area contributed by atoms with E-state index >= 15 is 0 Å². The van der Waals surface area contributed by atoms with Gasteiger partial charge in [0, 0.05) is 18.0 Å². The highest BCUT2D eigenvalue weighted by molar-refractivity contribution is 7.18. The van der Waals surface area contributed by atoms with Gasteiger partial charge in [0.2, 0.25) is 5.13 Å². The van der Waals surface area contributed by atoms with Crippen molar-refractivity contribution in [1.29, 1.82) is 0 Å². The molecular formula is C21H16N4O2S. The fourth-order valence-corrected chi connectivity index (χ4v) is 3.29. The number of benzene rings is 2. The van der Waals surface area contributed by atoms with E-state index in [1.165, 1.54) is 11.3 Å². The highest BCUT2D eigenvalue weighted by Gasteiger charge is 2.15. The Morgan fingerprint density at radius 3 is 2.61 bits per heavy atom. The first-order valence-corrected chi connectivity index (χ1v) is 9.42. The van der Waals surface area contributed by atoms with Crippen molar-refractivity contribution >= 4 is 22.4 Å². The molecule has 0 bridgehead atoms. The van der Waals surface area contributed by atoms with E-state index in [1.807, 2.05) is 48.5 Å². The maximum Gasteiger partial charge on any atom is 0.261 e. The molecule has 6 nitrogen and oxygen atoms in total. The Morgan fingerprint density at radius 2 is 1.79 bits per heavy atom. The van der Waals surface area contributed by atoms with Gasteiger partial charge in [-0.25, -0.2) is 0 Å². The van der Waals surface area contributed by atoms with Crippen LogP contribution >= 0.6 is 11.3 Å². The van der Waals surface area contributed by atoms with Crippen molar-refractivity contribution in [2.24, 2.45) is 0 Å². The fraction of sp³-hybridized carbons (Fsp3) is 0.0476. The lowest BCUT2D eigenvalue weighted by molar-refractivity contribution is 0.102. The minimum atomic E-state index is -0.294. The van der Waals surface area contributed by atoms with Gasteiger partial charge >= 0.3 is 0 Å². The highest BCUT2D eigenvalue weighted by atomic mass is 32.1. The van der Waals surface area contributed by atoms with Crippen molar-refractivity contribution in [3.05, 3.63) is 90.3 Å². The molecule has 0 radical (unpaired) electrons. The molecule has 0 atom stereocenters. The van der Waals surface area contributed by atoms with E-state index < -0.39 is 0 Å². The summed E-state index contributed by atoms with van der Waals surface area (Å²) in [5.41, 5.74) is 2.33. The topological polar surface area (TPSA) is 77.0 Å². The van der Waals surface area contributed by atoms with E-state index in [0.717, 1.165) is 11.1 Å². The summed E-state index contributed by atoms with van der Waals surface area (Å²) in [4.78, 5) is 16.8. The summed E-state index contributed by atoms with van der Waals surface area (Å²) in [6, 6.07) is 20.7. The molecule has 2 aromatic heterocycles. The van der Waals surface area contributed by atoms with E-state index in [0.29, 0.717) is 28.1 Å². The van der Waals surface area contributed by atoms with Crippen molar-refractivity contribution in [2.45, 2.75) is 6.61 Å². The number of hydrogen-bond donors (Lipinski definition) is 1. The standard InChI is InChI=1S/C21H16N4O2S/c26-19(23-21-25-24-20(28-21)16-9-6-12-22-13-16)17-10-4-5-11-18(17)27-14-15-7-2-1-3-8-15/h1-13H,14H2,(H,23,25,26). The average Bonchev–Trinajstić information content (AvgIpc) is 3.22. The number of nitrogens with zero attached hydrogens (tertiary/aromatic N) is 3. The number of hydrogen-bond acceptors (Lipinski definition) is 6. The zero-order valence-corrected chi connectivity index (χ0v) is 15.6. The number of aromatic nitrogens is 3. The Balaban J connectivity index is 1.47. The molecule has 1 amide bonds. The lowest BCUT2D eigenvalue weighted by Gasteiger charge is -2.10. The second-order valence-corrected chi connectivity index (χ2v) is 6.86. The van der Waals surface area contributed by atoms with Gasteiger partial charge in [-0.3, -0.25) is 15.1 Å². The monoisotopic (exact) mass is 388 g/mol. The maximum absolute atomic E-state index is 12.7. The van der Waals surface area contributed by atoms with Crippen molar-refractivity contribution < 1.29 is 9.53 Å². The predicted octanol–water partition coefficient (Wildman–Crippen LogP) is 4.43. The van der Waals surface area contributed by atoms with Crippen LogP contribution in [0, 0.1) is 0 Å². The lowest BCUT2D eigenvalue weighted by atomic mass is 10.2. The maximum atomic E-state index is 12.7. The highest BCUT2D eigenvalue weighted by Crippen LogP contribution is 2.27. The van der Waals surface area contributed by atoms with Gasteiger partial charge in [-0.2, -0.15) is 0 Å². The predicted molar refractivity (Wildman–Crippen MR) is 108 cm³/mol. The van der Waals surface area contributed by atoms with Gasteiger partial charge in [-0.15, -0.1) is 10.2 Å². The van der Waals surface area contributed by atoms with Gasteiger partial charge in [0.25, 0.3) is 5.91 Å². The number of anilines is 1. The minimum Gasteiger partial charge on any atom is -0.488 e. The molecule has 2 aromatic carbocycles. The molecule has 0 aliphatic carbocycles. The van der Waals surface area contributed by atoms with Gasteiger partial charge in [-0.1, -0.05) is 53.8 Å². The number of amides is 1. The summed E-state index contributed by atoms with van der Waals surface area (Å²) < 4.78 is 5.85. The molecule has 0 saturated carbocycles. The molecule has 4 aromatic rings. The summed E-state index contributed by atoms with van der Waals surface area (Å²) >= 11 is 1.29. The van der Waals surface area contributed by atoms with Crippen LogP contribution in [0.4, 0.5) is 5.13 Å². The number of rotatable bonds is 6. The largest absolute Gasteiger partial charge is 0.488 e. The third-order valence-corrected chi connectivity index (χ3v) is 4.81. The summed E-state index contributed by atoms with van der Waals surface area (Å²) in [5, 5.41) is 12.1. The molecule has 28 heavy (non-hydrogen) atoms.